The number of nitrogens with two attached hydrogens (primary N) is 1. The lowest BCUT2D eigenvalue weighted by Crippen LogP contribution is -2.10. The predicted molar refractivity (Wildman–Crippen MR) is 65.6 cm³/mol. The van der Waals surface area contributed by atoms with Crippen molar-refractivity contribution < 1.29 is 0 Å². The summed E-state index contributed by atoms with van der Waals surface area (Å²) in [7, 11) is 0. The maximum absolute atomic E-state index is 9.00. The van der Waals surface area contributed by atoms with Crippen molar-refractivity contribution in [3.8, 4) is 17.8 Å². The van der Waals surface area contributed by atoms with Crippen LogP contribution in [-0.4, -0.2) is 9.55 Å². The molecule has 5 heteroatoms. The summed E-state index contributed by atoms with van der Waals surface area (Å²) < 4.78 is 1.81. The van der Waals surface area contributed by atoms with E-state index in [1.165, 1.54) is 0 Å². The van der Waals surface area contributed by atoms with Gasteiger partial charge in [-0.05, 0) is 25.1 Å². The van der Waals surface area contributed by atoms with Gasteiger partial charge in [-0.25, -0.2) is 4.98 Å². The van der Waals surface area contributed by atoms with Crippen molar-refractivity contribution in [1.29, 1.82) is 10.5 Å². The van der Waals surface area contributed by atoms with Crippen LogP contribution in [-0.2, 0) is 0 Å². The number of hydrogen-bond acceptors (Lipinski definition) is 4. The Morgan fingerprint density at radius 1 is 1.28 bits per heavy atom. The first kappa shape index (κ1) is 11.8. The van der Waals surface area contributed by atoms with Gasteiger partial charge in [0.15, 0.2) is 0 Å². The molecule has 0 aliphatic rings. The summed E-state index contributed by atoms with van der Waals surface area (Å²) in [5.41, 5.74) is 8.18. The van der Waals surface area contributed by atoms with Crippen molar-refractivity contribution in [1.82, 2.24) is 9.55 Å². The van der Waals surface area contributed by atoms with E-state index < -0.39 is 0 Å². The smallest absolute Gasteiger partial charge is 0.101 e. The van der Waals surface area contributed by atoms with Gasteiger partial charge in [0.1, 0.15) is 12.1 Å². The highest BCUT2D eigenvalue weighted by atomic mass is 15.1. The van der Waals surface area contributed by atoms with Crippen LogP contribution in [0, 0.1) is 22.7 Å². The molecule has 0 spiro atoms. The number of imidazole rings is 1. The largest absolute Gasteiger partial charge is 0.323 e. The van der Waals surface area contributed by atoms with Crippen molar-refractivity contribution in [2.45, 2.75) is 13.0 Å². The third-order valence-electron chi connectivity index (χ3n) is 2.66. The van der Waals surface area contributed by atoms with Crippen LogP contribution in [0.2, 0.25) is 0 Å². The molecule has 1 aromatic heterocycles. The second kappa shape index (κ2) is 4.70. The Kier molecular flexibility index (Phi) is 3.09. The first-order valence-electron chi connectivity index (χ1n) is 5.40. The molecular formula is C13H11N5. The van der Waals surface area contributed by atoms with Gasteiger partial charge in [0.25, 0.3) is 0 Å². The fourth-order valence-corrected chi connectivity index (χ4v) is 1.73. The summed E-state index contributed by atoms with van der Waals surface area (Å²) in [5, 5.41) is 17.9. The molecule has 1 aromatic carbocycles. The summed E-state index contributed by atoms with van der Waals surface area (Å²) in [4.78, 5) is 4.05. The van der Waals surface area contributed by atoms with E-state index in [0.717, 1.165) is 11.4 Å². The average Bonchev–Trinajstić information content (AvgIpc) is 2.87. The Balaban J connectivity index is 2.56. The first-order chi connectivity index (χ1) is 8.67. The Morgan fingerprint density at radius 2 is 2.00 bits per heavy atom. The van der Waals surface area contributed by atoms with E-state index in [1.807, 2.05) is 23.6 Å². The molecule has 2 aromatic rings. The minimum absolute atomic E-state index is 0.159. The molecule has 2 N–H and O–H groups in total. The number of aromatic nitrogens is 2. The minimum atomic E-state index is -0.159. The molecule has 2 rings (SSSR count). The van der Waals surface area contributed by atoms with Crippen molar-refractivity contribution in [3.63, 3.8) is 0 Å². The van der Waals surface area contributed by atoms with Gasteiger partial charge < -0.3 is 10.3 Å². The van der Waals surface area contributed by atoms with Gasteiger partial charge >= 0.3 is 0 Å². The molecule has 0 fully saturated rings. The average molecular weight is 237 g/mol. The van der Waals surface area contributed by atoms with E-state index in [-0.39, 0.29) is 6.04 Å². The Hall–Kier alpha value is -2.63. The second-order valence-electron chi connectivity index (χ2n) is 3.93. The molecule has 0 radical (unpaired) electrons. The van der Waals surface area contributed by atoms with E-state index in [0.29, 0.717) is 11.1 Å². The molecule has 1 heterocycles. The van der Waals surface area contributed by atoms with Gasteiger partial charge in [0.05, 0.1) is 29.3 Å². The second-order valence-corrected chi connectivity index (χ2v) is 3.93. The zero-order valence-corrected chi connectivity index (χ0v) is 9.83. The molecule has 18 heavy (non-hydrogen) atoms. The van der Waals surface area contributed by atoms with Crippen LogP contribution in [0.5, 0.6) is 0 Å². The highest BCUT2D eigenvalue weighted by Crippen LogP contribution is 2.18. The van der Waals surface area contributed by atoms with Crippen LogP contribution in [0.15, 0.2) is 30.7 Å². The number of hydrogen-bond donors (Lipinski definition) is 1. The SMILES string of the molecule is C[C@H](N)c1cncn1-c1ccc(C#N)c(C#N)c1. The number of benzene rings is 1. The summed E-state index contributed by atoms with van der Waals surface area (Å²) in [6.45, 7) is 1.86. The number of rotatable bonds is 2. The van der Waals surface area contributed by atoms with Crippen molar-refractivity contribution in [2.75, 3.05) is 0 Å². The number of nitriles is 2. The molecule has 1 atom stereocenters. The van der Waals surface area contributed by atoms with E-state index in [1.54, 1.807) is 30.7 Å². The molecule has 88 valence electrons. The van der Waals surface area contributed by atoms with Crippen LogP contribution >= 0.6 is 0 Å². The highest BCUT2D eigenvalue weighted by molar-refractivity contribution is 5.52. The lowest BCUT2D eigenvalue weighted by atomic mass is 10.1. The van der Waals surface area contributed by atoms with E-state index in [9.17, 15) is 0 Å². The molecule has 0 saturated heterocycles. The van der Waals surface area contributed by atoms with E-state index in [4.69, 9.17) is 16.3 Å². The molecular weight excluding hydrogens is 226 g/mol. The maximum Gasteiger partial charge on any atom is 0.101 e. The third kappa shape index (κ3) is 1.95. The van der Waals surface area contributed by atoms with Crippen molar-refractivity contribution >= 4 is 0 Å². The normalized spacial score (nSPS) is 11.6. The maximum atomic E-state index is 9.00. The summed E-state index contributed by atoms with van der Waals surface area (Å²) in [5.74, 6) is 0. The van der Waals surface area contributed by atoms with Gasteiger partial charge in [-0.2, -0.15) is 10.5 Å². The summed E-state index contributed by atoms with van der Waals surface area (Å²) in [6, 6.07) is 8.89. The van der Waals surface area contributed by atoms with Crippen LogP contribution in [0.3, 0.4) is 0 Å². The van der Waals surface area contributed by atoms with Crippen molar-refractivity contribution in [3.05, 3.63) is 47.5 Å². The van der Waals surface area contributed by atoms with E-state index >= 15 is 0 Å². The Labute approximate surface area is 105 Å². The van der Waals surface area contributed by atoms with Gasteiger partial charge in [0.2, 0.25) is 0 Å². The first-order valence-corrected chi connectivity index (χ1v) is 5.40. The lowest BCUT2D eigenvalue weighted by molar-refractivity contribution is 0.752. The molecule has 0 unspecified atom stereocenters. The van der Waals surface area contributed by atoms with Crippen LogP contribution in [0.25, 0.3) is 5.69 Å². The molecule has 0 amide bonds. The zero-order chi connectivity index (χ0) is 13.1. The summed E-state index contributed by atoms with van der Waals surface area (Å²) >= 11 is 0. The fourth-order valence-electron chi connectivity index (χ4n) is 1.73. The predicted octanol–water partition coefficient (Wildman–Crippen LogP) is 1.64. The third-order valence-corrected chi connectivity index (χ3v) is 2.66. The fraction of sp³-hybridized carbons (Fsp3) is 0.154. The molecule has 0 aliphatic heterocycles. The topological polar surface area (TPSA) is 91.4 Å². The van der Waals surface area contributed by atoms with E-state index in [2.05, 4.69) is 4.98 Å². The van der Waals surface area contributed by atoms with Gasteiger partial charge in [0, 0.05) is 11.7 Å². The van der Waals surface area contributed by atoms with Gasteiger partial charge in [-0.1, -0.05) is 0 Å². The quantitative estimate of drug-likeness (QED) is 0.859. The van der Waals surface area contributed by atoms with Gasteiger partial charge in [-0.15, -0.1) is 0 Å². The van der Waals surface area contributed by atoms with Crippen molar-refractivity contribution in [2.24, 2.45) is 5.73 Å². The van der Waals surface area contributed by atoms with Crippen LogP contribution in [0.4, 0.5) is 0 Å². The molecule has 0 aliphatic carbocycles. The number of nitrogens with zero attached hydrogens (tertiary/aromatic N) is 4. The summed E-state index contributed by atoms with van der Waals surface area (Å²) in [6.07, 6.45) is 3.33. The molecule has 5 nitrogen and oxygen atoms in total. The molecule has 0 saturated carbocycles. The Morgan fingerprint density at radius 3 is 2.61 bits per heavy atom. The standard InChI is InChI=1S/C13H11N5/c1-9(16)13-7-17-8-18(13)12-3-2-10(5-14)11(4-12)6-15/h2-4,7-9H,16H2,1H3/t9-/m0/s1. The van der Waals surface area contributed by atoms with Gasteiger partial charge in [-0.3, -0.25) is 0 Å². The zero-order valence-electron chi connectivity index (χ0n) is 9.83. The van der Waals surface area contributed by atoms with Crippen LogP contribution in [0.1, 0.15) is 29.8 Å². The monoisotopic (exact) mass is 237 g/mol. The highest BCUT2D eigenvalue weighted by Gasteiger charge is 2.10. The molecule has 0 bridgehead atoms. The lowest BCUT2D eigenvalue weighted by Gasteiger charge is -2.11. The Bertz CT molecular complexity index is 655. The van der Waals surface area contributed by atoms with Crippen LogP contribution < -0.4 is 5.73 Å². The minimum Gasteiger partial charge on any atom is -0.323 e.